The smallest absolute Gasteiger partial charge is 0.410 e. The molecule has 5 heteroatoms. The normalized spacial score (nSPS) is 31.0. The Morgan fingerprint density at radius 1 is 1.14 bits per heavy atom. The third kappa shape index (κ3) is 5.47. The van der Waals surface area contributed by atoms with Crippen LogP contribution in [0.2, 0.25) is 0 Å². The molecule has 0 spiro atoms. The lowest BCUT2D eigenvalue weighted by atomic mass is 9.90. The average Bonchev–Trinajstić information content (AvgIpc) is 2.40. The first-order chi connectivity index (χ1) is 9.83. The van der Waals surface area contributed by atoms with Gasteiger partial charge in [-0.25, -0.2) is 4.79 Å². The number of nitrogens with one attached hydrogen (secondary N) is 1. The summed E-state index contributed by atoms with van der Waals surface area (Å²) in [5.41, 5.74) is 5.53. The van der Waals surface area contributed by atoms with Gasteiger partial charge in [-0.2, -0.15) is 0 Å². The van der Waals surface area contributed by atoms with Crippen LogP contribution in [0.15, 0.2) is 0 Å². The first-order valence-electron chi connectivity index (χ1n) is 8.33. The SMILES string of the molecule is CC(C)(C)OC(=O)N1CCCC(NC2CCC(N)CC2)C1. The molecule has 2 aliphatic rings. The molecule has 1 amide bonds. The molecule has 21 heavy (non-hydrogen) atoms. The van der Waals surface area contributed by atoms with Crippen LogP contribution in [0.1, 0.15) is 59.3 Å². The van der Waals surface area contributed by atoms with Crippen LogP contribution in [-0.4, -0.2) is 47.8 Å². The molecule has 3 N–H and O–H groups in total. The van der Waals surface area contributed by atoms with Gasteiger partial charge in [0.2, 0.25) is 0 Å². The highest BCUT2D eigenvalue weighted by Crippen LogP contribution is 2.20. The van der Waals surface area contributed by atoms with Crippen molar-refractivity contribution in [3.8, 4) is 0 Å². The molecule has 1 aliphatic heterocycles. The summed E-state index contributed by atoms with van der Waals surface area (Å²) in [4.78, 5) is 14.0. The van der Waals surface area contributed by atoms with Crippen LogP contribution in [0.25, 0.3) is 0 Å². The minimum absolute atomic E-state index is 0.181. The van der Waals surface area contributed by atoms with Crippen LogP contribution >= 0.6 is 0 Å². The standard InChI is InChI=1S/C16H31N3O2/c1-16(2,3)21-15(20)19-10-4-5-14(11-19)18-13-8-6-12(17)7-9-13/h12-14,18H,4-11,17H2,1-3H3. The van der Waals surface area contributed by atoms with E-state index in [-0.39, 0.29) is 6.09 Å². The molecule has 1 saturated carbocycles. The fourth-order valence-corrected chi connectivity index (χ4v) is 3.22. The van der Waals surface area contributed by atoms with E-state index in [1.54, 1.807) is 0 Å². The Kier molecular flexibility index (Phi) is 5.49. The maximum atomic E-state index is 12.2. The lowest BCUT2D eigenvalue weighted by Crippen LogP contribution is -2.52. The van der Waals surface area contributed by atoms with Crippen molar-refractivity contribution in [2.45, 2.75) is 83.0 Å². The molecule has 0 aromatic heterocycles. The van der Waals surface area contributed by atoms with Crippen molar-refractivity contribution in [2.75, 3.05) is 13.1 Å². The highest BCUT2D eigenvalue weighted by Gasteiger charge is 2.29. The van der Waals surface area contributed by atoms with Gasteiger partial charge in [-0.3, -0.25) is 0 Å². The molecule has 1 unspecified atom stereocenters. The monoisotopic (exact) mass is 297 g/mol. The number of hydrogen-bond donors (Lipinski definition) is 2. The van der Waals surface area contributed by atoms with E-state index < -0.39 is 5.60 Å². The Labute approximate surface area is 128 Å². The minimum atomic E-state index is -0.420. The molecule has 0 radical (unpaired) electrons. The fourth-order valence-electron chi connectivity index (χ4n) is 3.22. The van der Waals surface area contributed by atoms with Crippen LogP contribution in [0, 0.1) is 0 Å². The maximum absolute atomic E-state index is 12.2. The van der Waals surface area contributed by atoms with Gasteiger partial charge in [0.15, 0.2) is 0 Å². The first kappa shape index (κ1) is 16.6. The minimum Gasteiger partial charge on any atom is -0.444 e. The molecule has 1 aliphatic carbocycles. The average molecular weight is 297 g/mol. The van der Waals surface area contributed by atoms with Gasteiger partial charge in [-0.05, 0) is 59.3 Å². The molecule has 2 rings (SSSR count). The summed E-state index contributed by atoms with van der Waals surface area (Å²) in [6.07, 6.45) is 6.54. The first-order valence-corrected chi connectivity index (χ1v) is 8.33. The summed E-state index contributed by atoms with van der Waals surface area (Å²) in [5, 5.41) is 3.72. The van der Waals surface area contributed by atoms with E-state index in [9.17, 15) is 4.79 Å². The van der Waals surface area contributed by atoms with Crippen molar-refractivity contribution in [1.82, 2.24) is 10.2 Å². The summed E-state index contributed by atoms with van der Waals surface area (Å²) < 4.78 is 5.47. The van der Waals surface area contributed by atoms with Crippen molar-refractivity contribution in [1.29, 1.82) is 0 Å². The second-order valence-electron chi connectivity index (χ2n) is 7.54. The molecule has 5 nitrogen and oxygen atoms in total. The Morgan fingerprint density at radius 2 is 1.81 bits per heavy atom. The van der Waals surface area contributed by atoms with Crippen LogP contribution in [0.4, 0.5) is 4.79 Å². The molecule has 0 aromatic rings. The summed E-state index contributed by atoms with van der Waals surface area (Å²) >= 11 is 0. The number of rotatable bonds is 2. The molecule has 0 aromatic carbocycles. The highest BCUT2D eigenvalue weighted by molar-refractivity contribution is 5.68. The zero-order chi connectivity index (χ0) is 15.5. The van der Waals surface area contributed by atoms with Crippen molar-refractivity contribution in [3.05, 3.63) is 0 Å². The quantitative estimate of drug-likeness (QED) is 0.820. The zero-order valence-corrected chi connectivity index (χ0v) is 13.7. The van der Waals surface area contributed by atoms with Gasteiger partial charge in [-0.15, -0.1) is 0 Å². The number of nitrogens with two attached hydrogens (primary N) is 1. The van der Waals surface area contributed by atoms with Gasteiger partial charge >= 0.3 is 6.09 Å². The van der Waals surface area contributed by atoms with Crippen LogP contribution in [-0.2, 0) is 4.74 Å². The molecule has 1 heterocycles. The Morgan fingerprint density at radius 3 is 2.43 bits per heavy atom. The number of nitrogens with zero attached hydrogens (tertiary/aromatic N) is 1. The van der Waals surface area contributed by atoms with E-state index in [2.05, 4.69) is 5.32 Å². The van der Waals surface area contributed by atoms with Crippen molar-refractivity contribution >= 4 is 6.09 Å². The van der Waals surface area contributed by atoms with Gasteiger partial charge in [-0.1, -0.05) is 0 Å². The lowest BCUT2D eigenvalue weighted by molar-refractivity contribution is 0.0181. The van der Waals surface area contributed by atoms with E-state index in [0.717, 1.165) is 51.6 Å². The van der Waals surface area contributed by atoms with Gasteiger partial charge < -0.3 is 20.7 Å². The predicted octanol–water partition coefficient (Wildman–Crippen LogP) is 2.25. The van der Waals surface area contributed by atoms with Crippen LogP contribution < -0.4 is 11.1 Å². The van der Waals surface area contributed by atoms with Gasteiger partial charge in [0.1, 0.15) is 5.60 Å². The number of likely N-dealkylation sites (tertiary alicyclic amines) is 1. The van der Waals surface area contributed by atoms with Gasteiger partial charge in [0.25, 0.3) is 0 Å². The number of carbonyl (C=O) groups is 1. The van der Waals surface area contributed by atoms with E-state index >= 15 is 0 Å². The number of carbonyl (C=O) groups excluding carboxylic acids is 1. The lowest BCUT2D eigenvalue weighted by Gasteiger charge is -2.37. The maximum Gasteiger partial charge on any atom is 0.410 e. The number of piperidine rings is 1. The van der Waals surface area contributed by atoms with E-state index in [1.807, 2.05) is 25.7 Å². The Balaban J connectivity index is 1.79. The summed E-state index contributed by atoms with van der Waals surface area (Å²) in [6, 6.07) is 1.34. The molecule has 1 atom stereocenters. The van der Waals surface area contributed by atoms with Crippen LogP contribution in [0.5, 0.6) is 0 Å². The second-order valence-corrected chi connectivity index (χ2v) is 7.54. The number of hydrogen-bond acceptors (Lipinski definition) is 4. The van der Waals surface area contributed by atoms with E-state index in [0.29, 0.717) is 18.1 Å². The van der Waals surface area contributed by atoms with E-state index in [4.69, 9.17) is 10.5 Å². The highest BCUT2D eigenvalue weighted by atomic mass is 16.6. The summed E-state index contributed by atoms with van der Waals surface area (Å²) in [7, 11) is 0. The molecule has 0 bridgehead atoms. The largest absolute Gasteiger partial charge is 0.444 e. The zero-order valence-electron chi connectivity index (χ0n) is 13.7. The topological polar surface area (TPSA) is 67.6 Å². The summed E-state index contributed by atoms with van der Waals surface area (Å²) in [5.74, 6) is 0. The van der Waals surface area contributed by atoms with Crippen molar-refractivity contribution in [3.63, 3.8) is 0 Å². The van der Waals surface area contributed by atoms with E-state index in [1.165, 1.54) is 0 Å². The predicted molar refractivity (Wildman–Crippen MR) is 84.2 cm³/mol. The van der Waals surface area contributed by atoms with Crippen molar-refractivity contribution < 1.29 is 9.53 Å². The fraction of sp³-hybridized carbons (Fsp3) is 0.938. The second kappa shape index (κ2) is 6.97. The molecular weight excluding hydrogens is 266 g/mol. The summed E-state index contributed by atoms with van der Waals surface area (Å²) in [6.45, 7) is 7.31. The van der Waals surface area contributed by atoms with Crippen molar-refractivity contribution in [2.24, 2.45) is 5.73 Å². The Hall–Kier alpha value is -0.810. The third-order valence-electron chi connectivity index (χ3n) is 4.32. The van der Waals surface area contributed by atoms with Crippen LogP contribution in [0.3, 0.4) is 0 Å². The number of amides is 1. The molecular formula is C16H31N3O2. The number of ether oxygens (including phenoxy) is 1. The van der Waals surface area contributed by atoms with Gasteiger partial charge in [0, 0.05) is 31.2 Å². The van der Waals surface area contributed by atoms with Gasteiger partial charge in [0.05, 0.1) is 0 Å². The molecule has 2 fully saturated rings. The Bertz CT molecular complexity index is 346. The molecule has 1 saturated heterocycles. The third-order valence-corrected chi connectivity index (χ3v) is 4.32. The molecule has 122 valence electrons.